The van der Waals surface area contributed by atoms with Crippen LogP contribution in [-0.4, -0.2) is 38.4 Å². The number of thioether (sulfide) groups is 1. The van der Waals surface area contributed by atoms with Crippen molar-refractivity contribution in [2.45, 2.75) is 24.5 Å². The summed E-state index contributed by atoms with van der Waals surface area (Å²) in [4.78, 5) is 28.4. The molecule has 7 nitrogen and oxygen atoms in total. The number of carbonyl (C=O) groups excluding carboxylic acids is 2. The zero-order chi connectivity index (χ0) is 22.8. The molecule has 0 spiro atoms. The van der Waals surface area contributed by atoms with Crippen molar-refractivity contribution in [2.24, 2.45) is 0 Å². The van der Waals surface area contributed by atoms with Gasteiger partial charge in [0, 0.05) is 18.2 Å². The Balaban J connectivity index is 1.44. The summed E-state index contributed by atoms with van der Waals surface area (Å²) in [7, 11) is 0. The van der Waals surface area contributed by atoms with Gasteiger partial charge >= 0.3 is 0 Å². The van der Waals surface area contributed by atoms with Crippen molar-refractivity contribution in [3.8, 4) is 16.4 Å². The highest BCUT2D eigenvalue weighted by atomic mass is 32.2. The predicted molar refractivity (Wildman–Crippen MR) is 132 cm³/mol. The molecule has 5 rings (SSSR count). The molecule has 33 heavy (non-hydrogen) atoms. The van der Waals surface area contributed by atoms with Crippen molar-refractivity contribution in [2.75, 3.05) is 16.0 Å². The molecule has 2 amide bonds. The second-order valence-corrected chi connectivity index (χ2v) is 9.52. The number of hydrogen-bond acceptors (Lipinski definition) is 6. The van der Waals surface area contributed by atoms with E-state index in [1.54, 1.807) is 16.2 Å². The molecule has 1 atom stereocenters. The van der Waals surface area contributed by atoms with Crippen LogP contribution in [0.5, 0.6) is 0 Å². The smallest absolute Gasteiger partial charge is 0.237 e. The maximum absolute atomic E-state index is 13.4. The number of thiophene rings is 1. The fourth-order valence-electron chi connectivity index (χ4n) is 3.90. The topological polar surface area (TPSA) is 80.1 Å². The van der Waals surface area contributed by atoms with E-state index in [2.05, 4.69) is 15.5 Å². The Morgan fingerprint density at radius 3 is 2.67 bits per heavy atom. The lowest BCUT2D eigenvalue weighted by Gasteiger charge is -2.27. The molecule has 3 heterocycles. The number of rotatable bonds is 5. The van der Waals surface area contributed by atoms with Crippen LogP contribution in [0, 0.1) is 0 Å². The number of fused-ring (bicyclic) bond motifs is 1. The largest absolute Gasteiger partial charge is 0.324 e. The Morgan fingerprint density at radius 2 is 1.88 bits per heavy atom. The van der Waals surface area contributed by atoms with E-state index in [-0.39, 0.29) is 30.0 Å². The van der Waals surface area contributed by atoms with E-state index >= 15 is 0 Å². The Hall–Kier alpha value is -3.43. The molecule has 0 radical (unpaired) electrons. The van der Waals surface area contributed by atoms with Crippen LogP contribution in [0.1, 0.15) is 13.3 Å². The Kier molecular flexibility index (Phi) is 5.97. The molecule has 1 aliphatic rings. The highest BCUT2D eigenvalue weighted by molar-refractivity contribution is 7.99. The molecule has 0 unspecified atom stereocenters. The standard InChI is InChI=1S/C24H21N5O2S2/c1-16-14-21(30)25-18-10-5-6-11-19(18)28(16)22(31)15-33-24-27-26-23(20-12-7-13-32-20)29(24)17-8-3-2-4-9-17/h2-13,16H,14-15H2,1H3,(H,25,30)/t16-/m0/s1. The minimum absolute atomic E-state index is 0.0864. The number of benzene rings is 2. The lowest BCUT2D eigenvalue weighted by molar-refractivity contribution is -0.117. The summed E-state index contributed by atoms with van der Waals surface area (Å²) in [5.41, 5.74) is 2.30. The van der Waals surface area contributed by atoms with Gasteiger partial charge in [-0.05, 0) is 42.6 Å². The third-order valence-electron chi connectivity index (χ3n) is 5.34. The zero-order valence-corrected chi connectivity index (χ0v) is 19.5. The lowest BCUT2D eigenvalue weighted by atomic mass is 10.2. The number of para-hydroxylation sites is 3. The third-order valence-corrected chi connectivity index (χ3v) is 7.12. The molecule has 0 saturated heterocycles. The van der Waals surface area contributed by atoms with Crippen LogP contribution in [0.2, 0.25) is 0 Å². The second-order valence-electron chi connectivity index (χ2n) is 7.63. The number of amides is 2. The number of hydrogen-bond donors (Lipinski definition) is 1. The highest BCUT2D eigenvalue weighted by Crippen LogP contribution is 2.34. The van der Waals surface area contributed by atoms with Gasteiger partial charge in [0.15, 0.2) is 11.0 Å². The molecule has 166 valence electrons. The van der Waals surface area contributed by atoms with Crippen LogP contribution < -0.4 is 10.2 Å². The van der Waals surface area contributed by atoms with Crippen molar-refractivity contribution < 1.29 is 9.59 Å². The molecule has 1 aliphatic heterocycles. The number of nitrogens with zero attached hydrogens (tertiary/aromatic N) is 4. The van der Waals surface area contributed by atoms with E-state index < -0.39 is 0 Å². The van der Waals surface area contributed by atoms with Gasteiger partial charge in [0.05, 0.1) is 22.0 Å². The van der Waals surface area contributed by atoms with Gasteiger partial charge in [0.25, 0.3) is 0 Å². The fourth-order valence-corrected chi connectivity index (χ4v) is 5.41. The van der Waals surface area contributed by atoms with Crippen LogP contribution in [-0.2, 0) is 9.59 Å². The maximum Gasteiger partial charge on any atom is 0.237 e. The molecule has 0 bridgehead atoms. The SMILES string of the molecule is C[C@H]1CC(=O)Nc2ccccc2N1C(=O)CSc1nnc(-c2cccs2)n1-c1ccccc1. The van der Waals surface area contributed by atoms with Crippen LogP contribution in [0.15, 0.2) is 77.3 Å². The Labute approximate surface area is 199 Å². The summed E-state index contributed by atoms with van der Waals surface area (Å²) < 4.78 is 1.98. The third kappa shape index (κ3) is 4.29. The first-order valence-corrected chi connectivity index (χ1v) is 12.4. The molecule has 9 heteroatoms. The van der Waals surface area contributed by atoms with Crippen molar-refractivity contribution in [1.29, 1.82) is 0 Å². The number of carbonyl (C=O) groups is 2. The monoisotopic (exact) mass is 475 g/mol. The second kappa shape index (κ2) is 9.21. The van der Waals surface area contributed by atoms with Crippen LogP contribution in [0.4, 0.5) is 11.4 Å². The summed E-state index contributed by atoms with van der Waals surface area (Å²) in [6.45, 7) is 1.89. The fraction of sp³-hybridized carbons (Fsp3) is 0.167. The molecular weight excluding hydrogens is 454 g/mol. The summed E-state index contributed by atoms with van der Waals surface area (Å²) in [5, 5.41) is 14.4. The van der Waals surface area contributed by atoms with Gasteiger partial charge in [0.1, 0.15) is 0 Å². The zero-order valence-electron chi connectivity index (χ0n) is 17.8. The van der Waals surface area contributed by atoms with Crippen LogP contribution in [0.3, 0.4) is 0 Å². The van der Waals surface area contributed by atoms with Gasteiger partial charge in [-0.15, -0.1) is 21.5 Å². The average molecular weight is 476 g/mol. The van der Waals surface area contributed by atoms with Crippen LogP contribution in [0.25, 0.3) is 16.4 Å². The van der Waals surface area contributed by atoms with Crippen molar-refractivity contribution in [3.05, 3.63) is 72.1 Å². The van der Waals surface area contributed by atoms with Gasteiger partial charge in [-0.2, -0.15) is 0 Å². The summed E-state index contributed by atoms with van der Waals surface area (Å²) in [6.07, 6.45) is 0.244. The Morgan fingerprint density at radius 1 is 1.09 bits per heavy atom. The summed E-state index contributed by atoms with van der Waals surface area (Å²) in [6, 6.07) is 21.0. The summed E-state index contributed by atoms with van der Waals surface area (Å²) >= 11 is 2.94. The van der Waals surface area contributed by atoms with E-state index in [1.807, 2.05) is 83.6 Å². The molecule has 4 aromatic rings. The number of anilines is 2. The minimum atomic E-state index is -0.254. The molecule has 1 N–H and O–H groups in total. The van der Waals surface area contributed by atoms with Gasteiger partial charge < -0.3 is 10.2 Å². The summed E-state index contributed by atoms with van der Waals surface area (Å²) in [5.74, 6) is 0.732. The van der Waals surface area contributed by atoms with Crippen molar-refractivity contribution >= 4 is 46.3 Å². The van der Waals surface area contributed by atoms with Gasteiger partial charge in [0.2, 0.25) is 11.8 Å². The van der Waals surface area contributed by atoms with Gasteiger partial charge in [-0.25, -0.2) is 0 Å². The molecular formula is C24H21N5O2S2. The first-order chi connectivity index (χ1) is 16.1. The van der Waals surface area contributed by atoms with E-state index in [0.717, 1.165) is 16.4 Å². The number of aromatic nitrogens is 3. The van der Waals surface area contributed by atoms with Crippen molar-refractivity contribution in [1.82, 2.24) is 14.8 Å². The van der Waals surface area contributed by atoms with E-state index in [0.29, 0.717) is 16.5 Å². The average Bonchev–Trinajstić information content (AvgIpc) is 3.47. The van der Waals surface area contributed by atoms with E-state index in [1.165, 1.54) is 11.8 Å². The Bertz CT molecular complexity index is 1290. The lowest BCUT2D eigenvalue weighted by Crippen LogP contribution is -2.40. The minimum Gasteiger partial charge on any atom is -0.324 e. The van der Waals surface area contributed by atoms with Crippen LogP contribution >= 0.6 is 23.1 Å². The van der Waals surface area contributed by atoms with E-state index in [9.17, 15) is 9.59 Å². The molecule has 2 aromatic carbocycles. The quantitative estimate of drug-likeness (QED) is 0.417. The first kappa shape index (κ1) is 21.4. The normalized spacial score (nSPS) is 15.6. The highest BCUT2D eigenvalue weighted by Gasteiger charge is 2.30. The first-order valence-electron chi connectivity index (χ1n) is 10.5. The molecule has 0 fully saturated rings. The predicted octanol–water partition coefficient (Wildman–Crippen LogP) is 4.85. The van der Waals surface area contributed by atoms with Gasteiger partial charge in [-0.3, -0.25) is 14.2 Å². The number of nitrogens with one attached hydrogen (secondary N) is 1. The molecule has 2 aromatic heterocycles. The molecule has 0 saturated carbocycles. The van der Waals surface area contributed by atoms with E-state index in [4.69, 9.17) is 0 Å². The maximum atomic E-state index is 13.4. The molecule has 0 aliphatic carbocycles. The van der Waals surface area contributed by atoms with Crippen molar-refractivity contribution in [3.63, 3.8) is 0 Å². The van der Waals surface area contributed by atoms with Gasteiger partial charge in [-0.1, -0.05) is 48.2 Å².